The van der Waals surface area contributed by atoms with E-state index in [-0.39, 0.29) is 16.9 Å². The van der Waals surface area contributed by atoms with Crippen molar-refractivity contribution in [2.75, 3.05) is 33.3 Å². The summed E-state index contributed by atoms with van der Waals surface area (Å²) in [5.41, 5.74) is 0. The molecule has 1 aromatic rings. The van der Waals surface area contributed by atoms with Gasteiger partial charge in [0.15, 0.2) is 5.96 Å². The fourth-order valence-electron chi connectivity index (χ4n) is 2.12. The second-order valence-corrected chi connectivity index (χ2v) is 8.68. The van der Waals surface area contributed by atoms with Crippen molar-refractivity contribution in [1.29, 1.82) is 0 Å². The minimum atomic E-state index is -3.51. The summed E-state index contributed by atoms with van der Waals surface area (Å²) < 4.78 is 32.7. The fourth-order valence-corrected chi connectivity index (χ4v) is 4.68. The Hall–Kier alpha value is -0.870. The first-order valence-corrected chi connectivity index (χ1v) is 10.00. The number of rotatable bonds is 7. The van der Waals surface area contributed by atoms with E-state index in [0.717, 1.165) is 30.8 Å². The van der Waals surface area contributed by atoms with Crippen LogP contribution in [-0.2, 0) is 14.8 Å². The van der Waals surface area contributed by atoms with Gasteiger partial charge in [0, 0.05) is 33.3 Å². The number of guanidine groups is 1. The molecule has 1 aliphatic heterocycles. The molecule has 0 saturated carbocycles. The molecular formula is C13H21ClN4O3S2. The third-order valence-electron chi connectivity index (χ3n) is 3.27. The largest absolute Gasteiger partial charge is 0.376 e. The molecule has 0 radical (unpaired) electrons. The summed E-state index contributed by atoms with van der Waals surface area (Å²) in [6.07, 6.45) is 2.36. The summed E-state index contributed by atoms with van der Waals surface area (Å²) >= 11 is 6.79. The maximum absolute atomic E-state index is 12.0. The van der Waals surface area contributed by atoms with Crippen molar-refractivity contribution < 1.29 is 13.2 Å². The Balaban J connectivity index is 1.68. The van der Waals surface area contributed by atoms with Crippen LogP contribution in [0.4, 0.5) is 0 Å². The fraction of sp³-hybridized carbons (Fsp3) is 0.615. The smallest absolute Gasteiger partial charge is 0.250 e. The number of ether oxygens (including phenoxy) is 1. The quantitative estimate of drug-likeness (QED) is 0.373. The zero-order valence-electron chi connectivity index (χ0n) is 12.8. The normalized spacial score (nSPS) is 19.0. The average molecular weight is 381 g/mol. The predicted molar refractivity (Wildman–Crippen MR) is 92.9 cm³/mol. The van der Waals surface area contributed by atoms with Crippen molar-refractivity contribution in [2.24, 2.45) is 4.99 Å². The van der Waals surface area contributed by atoms with E-state index in [1.54, 1.807) is 13.1 Å². The highest BCUT2D eigenvalue weighted by atomic mass is 35.5. The Bertz CT molecular complexity index is 627. The number of aliphatic imine (C=N–C) groups is 1. The van der Waals surface area contributed by atoms with Crippen molar-refractivity contribution in [3.8, 4) is 0 Å². The maximum Gasteiger partial charge on any atom is 0.250 e. The van der Waals surface area contributed by atoms with E-state index in [1.807, 2.05) is 0 Å². The zero-order valence-corrected chi connectivity index (χ0v) is 15.2. The first-order valence-electron chi connectivity index (χ1n) is 7.32. The van der Waals surface area contributed by atoms with E-state index in [9.17, 15) is 8.42 Å². The summed E-state index contributed by atoms with van der Waals surface area (Å²) in [7, 11) is -1.84. The van der Waals surface area contributed by atoms with Gasteiger partial charge in [-0.25, -0.2) is 13.1 Å². The lowest BCUT2D eigenvalue weighted by Crippen LogP contribution is -2.43. The molecule has 0 spiro atoms. The van der Waals surface area contributed by atoms with Gasteiger partial charge in [0.2, 0.25) is 10.0 Å². The molecule has 1 aliphatic rings. The highest BCUT2D eigenvalue weighted by Crippen LogP contribution is 2.25. The van der Waals surface area contributed by atoms with Gasteiger partial charge in [0.25, 0.3) is 0 Å². The van der Waals surface area contributed by atoms with Crippen LogP contribution in [0.3, 0.4) is 0 Å². The molecule has 1 unspecified atom stereocenters. The molecular weight excluding hydrogens is 360 g/mol. The molecule has 0 amide bonds. The van der Waals surface area contributed by atoms with Crippen LogP contribution in [0, 0.1) is 0 Å². The second-order valence-electron chi connectivity index (χ2n) is 4.97. The van der Waals surface area contributed by atoms with Crippen molar-refractivity contribution in [2.45, 2.75) is 23.2 Å². The Morgan fingerprint density at radius 3 is 2.87 bits per heavy atom. The Morgan fingerprint density at radius 2 is 2.26 bits per heavy atom. The third kappa shape index (κ3) is 5.92. The summed E-state index contributed by atoms with van der Waals surface area (Å²) in [5.74, 6) is 0.624. The van der Waals surface area contributed by atoms with Gasteiger partial charge < -0.3 is 15.4 Å². The molecule has 0 aliphatic carbocycles. The molecule has 130 valence electrons. The van der Waals surface area contributed by atoms with Crippen LogP contribution in [0.15, 0.2) is 21.3 Å². The third-order valence-corrected chi connectivity index (χ3v) is 6.45. The molecule has 1 fully saturated rings. The Labute approximate surface area is 145 Å². The van der Waals surface area contributed by atoms with E-state index in [2.05, 4.69) is 20.3 Å². The first-order chi connectivity index (χ1) is 11.0. The second kappa shape index (κ2) is 8.84. The summed E-state index contributed by atoms with van der Waals surface area (Å²) in [5, 5.41) is 6.22. The summed E-state index contributed by atoms with van der Waals surface area (Å²) in [6, 6.07) is 3.06. The lowest BCUT2D eigenvalue weighted by molar-refractivity contribution is 0.114. The van der Waals surface area contributed by atoms with Gasteiger partial charge in [-0.3, -0.25) is 4.99 Å². The topological polar surface area (TPSA) is 91.8 Å². The van der Waals surface area contributed by atoms with Crippen LogP contribution in [0.5, 0.6) is 0 Å². The number of nitrogens with one attached hydrogen (secondary N) is 3. The molecule has 2 rings (SSSR count). The van der Waals surface area contributed by atoms with Crippen LogP contribution in [0.2, 0.25) is 4.34 Å². The molecule has 0 aromatic carbocycles. The van der Waals surface area contributed by atoms with Gasteiger partial charge in [-0.1, -0.05) is 11.6 Å². The number of halogens is 1. The first kappa shape index (κ1) is 18.5. The van der Waals surface area contributed by atoms with Gasteiger partial charge in [0.1, 0.15) is 4.21 Å². The highest BCUT2D eigenvalue weighted by Gasteiger charge is 2.17. The lowest BCUT2D eigenvalue weighted by Gasteiger charge is -2.15. The Kier molecular flexibility index (Phi) is 7.09. The number of thiophene rings is 1. The molecule has 0 bridgehead atoms. The van der Waals surface area contributed by atoms with Crippen LogP contribution in [0.1, 0.15) is 12.8 Å². The predicted octanol–water partition coefficient (Wildman–Crippen LogP) is 1.02. The van der Waals surface area contributed by atoms with Crippen molar-refractivity contribution in [3.05, 3.63) is 16.5 Å². The van der Waals surface area contributed by atoms with E-state index in [4.69, 9.17) is 16.3 Å². The monoisotopic (exact) mass is 380 g/mol. The standard InChI is InChI=1S/C13H21ClN4O3S2/c1-15-13(17-9-10-3-2-8-21-10)16-6-7-18-23(19,20)12-5-4-11(14)22-12/h4-5,10,18H,2-3,6-9H2,1H3,(H2,15,16,17). The average Bonchev–Trinajstić information content (AvgIpc) is 3.18. The SMILES string of the molecule is CN=C(NCCNS(=O)(=O)c1ccc(Cl)s1)NCC1CCCO1. The minimum absolute atomic E-state index is 0.211. The highest BCUT2D eigenvalue weighted by molar-refractivity contribution is 7.91. The van der Waals surface area contributed by atoms with Gasteiger partial charge >= 0.3 is 0 Å². The zero-order chi connectivity index (χ0) is 16.7. The maximum atomic E-state index is 12.0. The number of hydrogen-bond acceptors (Lipinski definition) is 5. The van der Waals surface area contributed by atoms with Crippen LogP contribution < -0.4 is 15.4 Å². The van der Waals surface area contributed by atoms with Gasteiger partial charge in [-0.15, -0.1) is 11.3 Å². The number of nitrogens with zero attached hydrogens (tertiary/aromatic N) is 1. The molecule has 3 N–H and O–H groups in total. The van der Waals surface area contributed by atoms with E-state index < -0.39 is 10.0 Å². The molecule has 1 aromatic heterocycles. The molecule has 2 heterocycles. The summed E-state index contributed by atoms with van der Waals surface area (Å²) in [6.45, 7) is 2.17. The van der Waals surface area contributed by atoms with E-state index in [0.29, 0.717) is 23.4 Å². The van der Waals surface area contributed by atoms with E-state index >= 15 is 0 Å². The number of hydrogen-bond donors (Lipinski definition) is 3. The lowest BCUT2D eigenvalue weighted by atomic mass is 10.2. The van der Waals surface area contributed by atoms with Gasteiger partial charge in [-0.05, 0) is 25.0 Å². The molecule has 10 heteroatoms. The number of sulfonamides is 1. The molecule has 1 saturated heterocycles. The van der Waals surface area contributed by atoms with Crippen molar-refractivity contribution in [1.82, 2.24) is 15.4 Å². The Morgan fingerprint density at radius 1 is 1.43 bits per heavy atom. The molecule has 1 atom stereocenters. The molecule has 7 nitrogen and oxygen atoms in total. The van der Waals surface area contributed by atoms with Gasteiger partial charge in [-0.2, -0.15) is 0 Å². The minimum Gasteiger partial charge on any atom is -0.376 e. The van der Waals surface area contributed by atoms with Crippen molar-refractivity contribution in [3.63, 3.8) is 0 Å². The van der Waals surface area contributed by atoms with Crippen LogP contribution >= 0.6 is 22.9 Å². The van der Waals surface area contributed by atoms with Crippen molar-refractivity contribution >= 4 is 38.9 Å². The van der Waals surface area contributed by atoms with Gasteiger partial charge in [0.05, 0.1) is 10.4 Å². The molecule has 23 heavy (non-hydrogen) atoms. The van der Waals surface area contributed by atoms with Crippen LogP contribution in [-0.4, -0.2) is 53.8 Å². The summed E-state index contributed by atoms with van der Waals surface area (Å²) in [4.78, 5) is 4.09. The van der Waals surface area contributed by atoms with Crippen LogP contribution in [0.25, 0.3) is 0 Å². The van der Waals surface area contributed by atoms with E-state index in [1.165, 1.54) is 6.07 Å².